The minimum atomic E-state index is 1.01. The van der Waals surface area contributed by atoms with Gasteiger partial charge in [-0.2, -0.15) is 0 Å². The third kappa shape index (κ3) is 1.61. The lowest BCUT2D eigenvalue weighted by Gasteiger charge is -1.95. The first-order chi connectivity index (χ1) is 4.84. The molecule has 0 aliphatic rings. The lowest BCUT2D eigenvalue weighted by Crippen LogP contribution is -2.10. The summed E-state index contributed by atoms with van der Waals surface area (Å²) in [5.74, 6) is 0. The van der Waals surface area contributed by atoms with Crippen LogP contribution in [0.1, 0.15) is 11.1 Å². The summed E-state index contributed by atoms with van der Waals surface area (Å²) in [5, 5.41) is 3.09. The van der Waals surface area contributed by atoms with E-state index < -0.39 is 0 Å². The first-order valence-corrected chi connectivity index (χ1v) is 3.51. The van der Waals surface area contributed by atoms with Crippen molar-refractivity contribution in [2.24, 2.45) is 0 Å². The van der Waals surface area contributed by atoms with Crippen LogP contribution in [-0.2, 0) is 6.42 Å². The summed E-state index contributed by atoms with van der Waals surface area (Å²) in [5.41, 5.74) is 2.55. The number of aryl methyl sites for hydroxylation is 1. The van der Waals surface area contributed by atoms with Crippen LogP contribution in [0.2, 0.25) is 0 Å². The Morgan fingerprint density at radius 2 is 2.30 bits per heavy atom. The summed E-state index contributed by atoms with van der Waals surface area (Å²) in [6, 6.07) is 0. The molecule has 0 aromatic carbocycles. The third-order valence-electron chi connectivity index (χ3n) is 1.61. The van der Waals surface area contributed by atoms with Crippen LogP contribution in [0, 0.1) is 6.92 Å². The Kier molecular flexibility index (Phi) is 2.51. The summed E-state index contributed by atoms with van der Waals surface area (Å²) in [7, 11) is 1.95. The number of furan rings is 1. The van der Waals surface area contributed by atoms with Gasteiger partial charge in [-0.1, -0.05) is 0 Å². The van der Waals surface area contributed by atoms with Crippen molar-refractivity contribution >= 4 is 0 Å². The van der Waals surface area contributed by atoms with Gasteiger partial charge in [-0.15, -0.1) is 0 Å². The normalized spacial score (nSPS) is 10.2. The van der Waals surface area contributed by atoms with Crippen molar-refractivity contribution in [3.8, 4) is 0 Å². The van der Waals surface area contributed by atoms with Gasteiger partial charge in [0.15, 0.2) is 0 Å². The Bertz CT molecular complexity index is 193. The second kappa shape index (κ2) is 3.42. The quantitative estimate of drug-likeness (QED) is 0.683. The van der Waals surface area contributed by atoms with Gasteiger partial charge in [0.05, 0.1) is 12.5 Å². The molecule has 0 saturated carbocycles. The molecule has 0 aliphatic carbocycles. The molecule has 1 N–H and O–H groups in total. The van der Waals surface area contributed by atoms with Gasteiger partial charge >= 0.3 is 0 Å². The molecule has 0 fully saturated rings. The number of hydrogen-bond donors (Lipinski definition) is 1. The van der Waals surface area contributed by atoms with Crippen LogP contribution in [0.3, 0.4) is 0 Å². The van der Waals surface area contributed by atoms with Crippen LogP contribution in [0.4, 0.5) is 0 Å². The molecule has 1 aromatic rings. The minimum Gasteiger partial charge on any atom is -0.472 e. The van der Waals surface area contributed by atoms with Gasteiger partial charge in [-0.05, 0) is 38.1 Å². The Morgan fingerprint density at radius 3 is 2.80 bits per heavy atom. The van der Waals surface area contributed by atoms with Crippen molar-refractivity contribution in [1.82, 2.24) is 5.32 Å². The van der Waals surface area contributed by atoms with E-state index in [2.05, 4.69) is 12.2 Å². The molecule has 10 heavy (non-hydrogen) atoms. The monoisotopic (exact) mass is 139 g/mol. The smallest absolute Gasteiger partial charge is 0.0937 e. The van der Waals surface area contributed by atoms with E-state index in [-0.39, 0.29) is 0 Å². The van der Waals surface area contributed by atoms with Crippen molar-refractivity contribution in [2.45, 2.75) is 13.3 Å². The van der Waals surface area contributed by atoms with Crippen molar-refractivity contribution < 1.29 is 4.42 Å². The van der Waals surface area contributed by atoms with E-state index in [0.29, 0.717) is 0 Å². The maximum atomic E-state index is 5.01. The Balaban J connectivity index is 2.49. The van der Waals surface area contributed by atoms with Crippen LogP contribution in [0.15, 0.2) is 16.9 Å². The molecule has 1 heterocycles. The molecule has 0 aliphatic heterocycles. The highest BCUT2D eigenvalue weighted by Gasteiger charge is 1.97. The fraction of sp³-hybridized carbons (Fsp3) is 0.500. The molecule has 0 unspecified atom stereocenters. The van der Waals surface area contributed by atoms with Crippen molar-refractivity contribution in [1.29, 1.82) is 0 Å². The number of likely N-dealkylation sites (N-methyl/N-ethyl adjacent to an activating group) is 1. The first kappa shape index (κ1) is 7.35. The second-order valence-corrected chi connectivity index (χ2v) is 2.43. The molecule has 1 aromatic heterocycles. The van der Waals surface area contributed by atoms with Crippen molar-refractivity contribution in [2.75, 3.05) is 13.6 Å². The van der Waals surface area contributed by atoms with E-state index in [1.807, 2.05) is 13.3 Å². The molecule has 0 atom stereocenters. The van der Waals surface area contributed by atoms with Crippen molar-refractivity contribution in [3.05, 3.63) is 23.7 Å². The maximum absolute atomic E-state index is 5.01. The summed E-state index contributed by atoms with van der Waals surface area (Å²) >= 11 is 0. The first-order valence-electron chi connectivity index (χ1n) is 3.51. The second-order valence-electron chi connectivity index (χ2n) is 2.43. The molecular formula is C8H13NO. The molecule has 2 heteroatoms. The molecular weight excluding hydrogens is 126 g/mol. The molecule has 56 valence electrons. The highest BCUT2D eigenvalue weighted by molar-refractivity contribution is 5.18. The zero-order valence-corrected chi connectivity index (χ0v) is 6.48. The predicted octanol–water partition coefficient (Wildman–Crippen LogP) is 1.35. The topological polar surface area (TPSA) is 25.2 Å². The summed E-state index contributed by atoms with van der Waals surface area (Å²) < 4.78 is 5.01. The van der Waals surface area contributed by atoms with Crippen LogP contribution in [0.25, 0.3) is 0 Å². The van der Waals surface area contributed by atoms with Gasteiger partial charge in [0, 0.05) is 0 Å². The fourth-order valence-corrected chi connectivity index (χ4v) is 0.903. The van der Waals surface area contributed by atoms with Gasteiger partial charge in [0.1, 0.15) is 0 Å². The zero-order valence-electron chi connectivity index (χ0n) is 6.48. The van der Waals surface area contributed by atoms with Gasteiger partial charge in [-0.25, -0.2) is 0 Å². The average molecular weight is 139 g/mol. The van der Waals surface area contributed by atoms with Crippen molar-refractivity contribution in [3.63, 3.8) is 0 Å². The lowest BCUT2D eigenvalue weighted by molar-refractivity contribution is 0.562. The van der Waals surface area contributed by atoms with Gasteiger partial charge in [0.25, 0.3) is 0 Å². The number of hydrogen-bond acceptors (Lipinski definition) is 2. The van der Waals surface area contributed by atoms with Gasteiger partial charge in [-0.3, -0.25) is 0 Å². The molecule has 0 radical (unpaired) electrons. The molecule has 0 saturated heterocycles. The number of rotatable bonds is 3. The van der Waals surface area contributed by atoms with Gasteiger partial charge in [0.2, 0.25) is 0 Å². The summed E-state index contributed by atoms with van der Waals surface area (Å²) in [4.78, 5) is 0. The molecule has 0 bridgehead atoms. The van der Waals surface area contributed by atoms with Crippen LogP contribution >= 0.6 is 0 Å². The maximum Gasteiger partial charge on any atom is 0.0937 e. The van der Waals surface area contributed by atoms with E-state index in [1.54, 1.807) is 6.26 Å². The molecule has 0 amide bonds. The molecule has 2 nitrogen and oxygen atoms in total. The largest absolute Gasteiger partial charge is 0.472 e. The summed E-state index contributed by atoms with van der Waals surface area (Å²) in [6.07, 6.45) is 4.65. The lowest BCUT2D eigenvalue weighted by atomic mass is 10.1. The Labute approximate surface area is 61.2 Å². The molecule has 0 spiro atoms. The highest BCUT2D eigenvalue weighted by atomic mass is 16.3. The Morgan fingerprint density at radius 1 is 1.50 bits per heavy atom. The van der Waals surface area contributed by atoms with E-state index in [1.165, 1.54) is 11.1 Å². The average Bonchev–Trinajstić information content (AvgIpc) is 2.31. The molecule has 1 rings (SSSR count). The van der Waals surface area contributed by atoms with E-state index in [9.17, 15) is 0 Å². The summed E-state index contributed by atoms with van der Waals surface area (Å²) in [6.45, 7) is 3.08. The van der Waals surface area contributed by atoms with Crippen LogP contribution in [-0.4, -0.2) is 13.6 Å². The Hall–Kier alpha value is -0.760. The van der Waals surface area contributed by atoms with Crippen LogP contribution in [0.5, 0.6) is 0 Å². The van der Waals surface area contributed by atoms with E-state index in [0.717, 1.165) is 13.0 Å². The third-order valence-corrected chi connectivity index (χ3v) is 1.61. The zero-order chi connectivity index (χ0) is 7.40. The van der Waals surface area contributed by atoms with E-state index in [4.69, 9.17) is 4.42 Å². The highest BCUT2D eigenvalue weighted by Crippen LogP contribution is 2.08. The number of nitrogens with one attached hydrogen (secondary N) is 1. The SMILES string of the molecule is CNCCc1cocc1C. The fourth-order valence-electron chi connectivity index (χ4n) is 0.903. The predicted molar refractivity (Wildman–Crippen MR) is 41.1 cm³/mol. The van der Waals surface area contributed by atoms with E-state index >= 15 is 0 Å². The standard InChI is InChI=1S/C8H13NO/c1-7-5-10-6-8(7)3-4-9-2/h5-6,9H,3-4H2,1-2H3. The van der Waals surface area contributed by atoms with Gasteiger partial charge < -0.3 is 9.73 Å². The minimum absolute atomic E-state index is 1.01. The van der Waals surface area contributed by atoms with Crippen LogP contribution < -0.4 is 5.32 Å².